The number of benzene rings is 2. The van der Waals surface area contributed by atoms with Crippen LogP contribution in [0.25, 0.3) is 0 Å². The van der Waals surface area contributed by atoms with Crippen LogP contribution in [-0.4, -0.2) is 51.6 Å². The van der Waals surface area contributed by atoms with Gasteiger partial charge in [0.15, 0.2) is 23.0 Å². The molecule has 0 aromatic heterocycles. The van der Waals surface area contributed by atoms with Crippen LogP contribution in [0.1, 0.15) is 30.5 Å². The molecule has 0 spiro atoms. The Balaban J connectivity index is 1.74. The molecule has 2 aromatic carbocycles. The molecular weight excluding hydrogens is 356 g/mol. The van der Waals surface area contributed by atoms with Crippen molar-refractivity contribution in [1.29, 1.82) is 0 Å². The fraction of sp³-hybridized carbons (Fsp3) is 0.455. The van der Waals surface area contributed by atoms with Crippen LogP contribution in [0, 0.1) is 0 Å². The molecule has 1 N–H and O–H groups in total. The maximum absolute atomic E-state index is 5.71. The molecule has 1 atom stereocenters. The molecule has 0 aliphatic carbocycles. The molecule has 6 heteroatoms. The quantitative estimate of drug-likeness (QED) is 0.825. The van der Waals surface area contributed by atoms with E-state index in [9.17, 15) is 0 Å². The Kier molecular flexibility index (Phi) is 5.88. The second-order valence-corrected chi connectivity index (χ2v) is 7.00. The molecule has 2 aliphatic heterocycles. The second-order valence-electron chi connectivity index (χ2n) is 7.00. The van der Waals surface area contributed by atoms with Crippen LogP contribution in [0.2, 0.25) is 0 Å². The Morgan fingerprint density at radius 1 is 1.00 bits per heavy atom. The number of fused-ring (bicyclic) bond motifs is 1. The topological polar surface area (TPSA) is 52.2 Å². The summed E-state index contributed by atoms with van der Waals surface area (Å²) in [5, 5.41) is 3.49. The lowest BCUT2D eigenvalue weighted by molar-refractivity contribution is 0.173. The molecule has 2 aliphatic rings. The Labute approximate surface area is 166 Å². The van der Waals surface area contributed by atoms with Gasteiger partial charge in [0.1, 0.15) is 0 Å². The van der Waals surface area contributed by atoms with Gasteiger partial charge in [-0.15, -0.1) is 0 Å². The van der Waals surface area contributed by atoms with Gasteiger partial charge < -0.3 is 24.3 Å². The van der Waals surface area contributed by atoms with Gasteiger partial charge in [0.05, 0.1) is 19.8 Å². The first-order valence-corrected chi connectivity index (χ1v) is 9.95. The molecule has 4 rings (SSSR count). The van der Waals surface area contributed by atoms with E-state index in [-0.39, 0.29) is 12.8 Å². The molecule has 1 saturated heterocycles. The number of methoxy groups -OCH3 is 1. The molecule has 28 heavy (non-hydrogen) atoms. The van der Waals surface area contributed by atoms with E-state index in [0.717, 1.165) is 55.6 Å². The van der Waals surface area contributed by atoms with Crippen LogP contribution in [-0.2, 0) is 0 Å². The lowest BCUT2D eigenvalue weighted by Crippen LogP contribution is -2.33. The summed E-state index contributed by atoms with van der Waals surface area (Å²) >= 11 is 0. The summed E-state index contributed by atoms with van der Waals surface area (Å²) in [7, 11) is 1.69. The van der Waals surface area contributed by atoms with Crippen LogP contribution in [0.3, 0.4) is 0 Å². The molecule has 0 saturated carbocycles. The van der Waals surface area contributed by atoms with Gasteiger partial charge in [-0.05, 0) is 55.3 Å². The molecule has 1 fully saturated rings. The normalized spacial score (nSPS) is 17.8. The number of ether oxygens (including phenoxy) is 4. The minimum atomic E-state index is 0.110. The Bertz CT molecular complexity index is 803. The number of hydrogen-bond donors (Lipinski definition) is 1. The summed E-state index contributed by atoms with van der Waals surface area (Å²) in [4.78, 5) is 2.52. The van der Waals surface area contributed by atoms with Gasteiger partial charge in [-0.3, -0.25) is 4.90 Å². The average Bonchev–Trinajstić information content (AvgIpc) is 3.03. The van der Waals surface area contributed by atoms with Crippen LogP contribution in [0.15, 0.2) is 36.4 Å². The number of nitrogens with zero attached hydrogens (tertiary/aromatic N) is 1. The Hall–Kier alpha value is -2.44. The summed E-state index contributed by atoms with van der Waals surface area (Å²) in [5.74, 6) is 3.16. The summed E-state index contributed by atoms with van der Waals surface area (Å²) in [6.45, 7) is 6.92. The van der Waals surface area contributed by atoms with Crippen molar-refractivity contribution in [3.63, 3.8) is 0 Å². The maximum Gasteiger partial charge on any atom is 0.231 e. The summed E-state index contributed by atoms with van der Waals surface area (Å²) in [5.41, 5.74) is 2.37. The monoisotopic (exact) mass is 384 g/mol. The van der Waals surface area contributed by atoms with Crippen molar-refractivity contribution in [2.24, 2.45) is 0 Å². The van der Waals surface area contributed by atoms with Crippen molar-refractivity contribution in [3.05, 3.63) is 47.5 Å². The molecule has 0 bridgehead atoms. The van der Waals surface area contributed by atoms with Crippen LogP contribution < -0.4 is 24.3 Å². The van der Waals surface area contributed by atoms with Gasteiger partial charge in [0.25, 0.3) is 0 Å². The lowest BCUT2D eigenvalue weighted by atomic mass is 9.95. The van der Waals surface area contributed by atoms with Crippen molar-refractivity contribution >= 4 is 0 Å². The van der Waals surface area contributed by atoms with E-state index in [1.54, 1.807) is 7.11 Å². The molecule has 2 aromatic rings. The first-order chi connectivity index (χ1) is 13.8. The lowest BCUT2D eigenvalue weighted by Gasteiger charge is -2.31. The highest BCUT2D eigenvalue weighted by Gasteiger charge is 2.26. The minimum Gasteiger partial charge on any atom is -0.493 e. The van der Waals surface area contributed by atoms with Gasteiger partial charge in [-0.1, -0.05) is 12.1 Å². The van der Waals surface area contributed by atoms with Gasteiger partial charge in [0.2, 0.25) is 6.79 Å². The fourth-order valence-electron chi connectivity index (χ4n) is 3.95. The number of nitrogens with one attached hydrogen (secondary N) is 1. The van der Waals surface area contributed by atoms with Gasteiger partial charge in [-0.25, -0.2) is 0 Å². The highest BCUT2D eigenvalue weighted by Crippen LogP contribution is 2.40. The second kappa shape index (κ2) is 8.71. The third-order valence-corrected chi connectivity index (χ3v) is 5.26. The van der Waals surface area contributed by atoms with Crippen molar-refractivity contribution in [1.82, 2.24) is 10.2 Å². The van der Waals surface area contributed by atoms with E-state index in [2.05, 4.69) is 34.5 Å². The summed E-state index contributed by atoms with van der Waals surface area (Å²) in [6, 6.07) is 12.6. The zero-order valence-corrected chi connectivity index (χ0v) is 16.6. The highest BCUT2D eigenvalue weighted by molar-refractivity contribution is 5.50. The molecule has 6 nitrogen and oxygen atoms in total. The number of hydrogen-bond acceptors (Lipinski definition) is 6. The summed E-state index contributed by atoms with van der Waals surface area (Å²) in [6.07, 6.45) is 1.12. The van der Waals surface area contributed by atoms with E-state index in [1.165, 1.54) is 11.1 Å². The highest BCUT2D eigenvalue weighted by atomic mass is 16.7. The zero-order valence-electron chi connectivity index (χ0n) is 16.6. The molecule has 0 radical (unpaired) electrons. The van der Waals surface area contributed by atoms with E-state index in [1.807, 2.05) is 19.1 Å². The molecular formula is C22H28N2O4. The molecule has 1 unspecified atom stereocenters. The van der Waals surface area contributed by atoms with Crippen molar-refractivity contribution < 1.29 is 18.9 Å². The van der Waals surface area contributed by atoms with Gasteiger partial charge >= 0.3 is 0 Å². The van der Waals surface area contributed by atoms with E-state index < -0.39 is 0 Å². The van der Waals surface area contributed by atoms with Crippen LogP contribution >= 0.6 is 0 Å². The molecule has 2 heterocycles. The smallest absolute Gasteiger partial charge is 0.231 e. The zero-order chi connectivity index (χ0) is 19.3. The van der Waals surface area contributed by atoms with E-state index in [0.29, 0.717) is 6.61 Å². The SMILES string of the molecule is CCOc1ccc(C(c2ccc3c(c2)OCO3)N2CCCNCC2)cc1OC. The number of rotatable bonds is 6. The Morgan fingerprint density at radius 2 is 1.82 bits per heavy atom. The van der Waals surface area contributed by atoms with Crippen molar-refractivity contribution in [2.75, 3.05) is 46.7 Å². The molecule has 150 valence electrons. The van der Waals surface area contributed by atoms with Crippen LogP contribution in [0.5, 0.6) is 23.0 Å². The largest absolute Gasteiger partial charge is 0.493 e. The minimum absolute atomic E-state index is 0.110. The fourth-order valence-corrected chi connectivity index (χ4v) is 3.95. The predicted octanol–water partition coefficient (Wildman–Crippen LogP) is 3.21. The third kappa shape index (κ3) is 3.88. The first-order valence-electron chi connectivity index (χ1n) is 9.95. The van der Waals surface area contributed by atoms with Crippen molar-refractivity contribution in [2.45, 2.75) is 19.4 Å². The predicted molar refractivity (Wildman–Crippen MR) is 108 cm³/mol. The average molecular weight is 384 g/mol. The third-order valence-electron chi connectivity index (χ3n) is 5.26. The summed E-state index contributed by atoms with van der Waals surface area (Å²) < 4.78 is 22.5. The van der Waals surface area contributed by atoms with Crippen molar-refractivity contribution in [3.8, 4) is 23.0 Å². The first kappa shape index (κ1) is 18.9. The maximum atomic E-state index is 5.71. The molecule has 0 amide bonds. The van der Waals surface area contributed by atoms with E-state index in [4.69, 9.17) is 18.9 Å². The van der Waals surface area contributed by atoms with E-state index >= 15 is 0 Å². The Morgan fingerprint density at radius 3 is 2.68 bits per heavy atom. The van der Waals surface area contributed by atoms with Gasteiger partial charge in [0, 0.05) is 19.6 Å². The van der Waals surface area contributed by atoms with Gasteiger partial charge in [-0.2, -0.15) is 0 Å². The van der Waals surface area contributed by atoms with Crippen LogP contribution in [0.4, 0.5) is 0 Å². The standard InChI is InChI=1S/C22H28N2O4/c1-3-26-18-7-5-16(13-20(18)25-2)22(24-11-4-9-23-10-12-24)17-6-8-19-21(14-17)28-15-27-19/h5-8,13-14,22-23H,3-4,9-12,15H2,1-2H3.